The van der Waals surface area contributed by atoms with E-state index in [1.165, 1.54) is 16.8 Å². The minimum Gasteiger partial charge on any atom is -0.349 e. The lowest BCUT2D eigenvalue weighted by molar-refractivity contribution is 1.34. The summed E-state index contributed by atoms with van der Waals surface area (Å²) in [5, 5.41) is 0. The first kappa shape index (κ1) is 8.57. The zero-order valence-corrected chi connectivity index (χ0v) is 8.93. The van der Waals surface area contributed by atoms with E-state index in [1.807, 2.05) is 18.2 Å². The Balaban J connectivity index is 2.53. The number of nitrogens with one attached hydrogen (secondary N) is 1. The Morgan fingerprint density at radius 2 is 1.85 bits per heavy atom. The second kappa shape index (κ2) is 3.38. The van der Waals surface area contributed by atoms with Crippen molar-refractivity contribution in [3.05, 3.63) is 46.6 Å². The summed E-state index contributed by atoms with van der Waals surface area (Å²) >= 11 is 3.42. The van der Waals surface area contributed by atoms with Gasteiger partial charge in [-0.1, -0.05) is 30.3 Å². The van der Waals surface area contributed by atoms with Crippen molar-refractivity contribution >= 4 is 15.9 Å². The molecule has 0 aliphatic carbocycles. The molecular weight excluding hydrogens is 226 g/mol. The van der Waals surface area contributed by atoms with Crippen LogP contribution in [0.1, 0.15) is 5.56 Å². The zero-order chi connectivity index (χ0) is 9.26. The first-order valence-electron chi connectivity index (χ1n) is 4.18. The molecule has 0 atom stereocenters. The van der Waals surface area contributed by atoms with Crippen LogP contribution in [-0.2, 0) is 0 Å². The Morgan fingerprint density at radius 3 is 2.38 bits per heavy atom. The van der Waals surface area contributed by atoms with Crippen LogP contribution in [0.3, 0.4) is 0 Å². The molecule has 0 fully saturated rings. The maximum absolute atomic E-state index is 3.42. The van der Waals surface area contributed by atoms with E-state index in [2.05, 4.69) is 46.0 Å². The van der Waals surface area contributed by atoms with Crippen molar-refractivity contribution < 1.29 is 0 Å². The second-order valence-electron chi connectivity index (χ2n) is 3.04. The van der Waals surface area contributed by atoms with Crippen LogP contribution >= 0.6 is 15.9 Å². The third kappa shape index (κ3) is 1.68. The molecule has 0 aliphatic rings. The number of aryl methyl sites for hydroxylation is 1. The Bertz CT molecular complexity index is 403. The molecule has 0 saturated heterocycles. The molecule has 0 spiro atoms. The molecule has 0 bridgehead atoms. The number of halogens is 1. The van der Waals surface area contributed by atoms with Crippen molar-refractivity contribution in [2.75, 3.05) is 0 Å². The van der Waals surface area contributed by atoms with Gasteiger partial charge in [-0.05, 0) is 40.0 Å². The summed E-state index contributed by atoms with van der Waals surface area (Å²) in [7, 11) is 0. The topological polar surface area (TPSA) is 15.8 Å². The SMILES string of the molecule is Cc1cc(Br)[nH]c1-c1ccccc1. The highest BCUT2D eigenvalue weighted by Gasteiger charge is 2.03. The third-order valence-corrected chi connectivity index (χ3v) is 2.47. The van der Waals surface area contributed by atoms with E-state index in [1.54, 1.807) is 0 Å². The average Bonchev–Trinajstić information content (AvgIpc) is 2.47. The van der Waals surface area contributed by atoms with Gasteiger partial charge in [0.2, 0.25) is 0 Å². The van der Waals surface area contributed by atoms with Crippen LogP contribution in [0, 0.1) is 6.92 Å². The third-order valence-electron chi connectivity index (χ3n) is 2.04. The van der Waals surface area contributed by atoms with Crippen molar-refractivity contribution in [3.63, 3.8) is 0 Å². The molecule has 1 N–H and O–H groups in total. The fraction of sp³-hybridized carbons (Fsp3) is 0.0909. The standard InChI is InChI=1S/C11H10BrN/c1-8-7-10(12)13-11(8)9-5-3-2-4-6-9/h2-7,13H,1H3. The van der Waals surface area contributed by atoms with Gasteiger partial charge in [0, 0.05) is 5.69 Å². The van der Waals surface area contributed by atoms with Crippen LogP contribution in [0.25, 0.3) is 11.3 Å². The molecule has 66 valence electrons. The molecule has 1 heterocycles. The van der Waals surface area contributed by atoms with Crippen molar-refractivity contribution in [3.8, 4) is 11.3 Å². The van der Waals surface area contributed by atoms with Crippen LogP contribution in [0.5, 0.6) is 0 Å². The number of aromatic amines is 1. The molecule has 0 saturated carbocycles. The van der Waals surface area contributed by atoms with Gasteiger partial charge in [0.25, 0.3) is 0 Å². The summed E-state index contributed by atoms with van der Waals surface area (Å²) in [5.74, 6) is 0. The van der Waals surface area contributed by atoms with Crippen LogP contribution in [-0.4, -0.2) is 4.98 Å². The lowest BCUT2D eigenvalue weighted by atomic mass is 10.1. The number of benzene rings is 1. The minimum absolute atomic E-state index is 1.03. The van der Waals surface area contributed by atoms with Crippen LogP contribution < -0.4 is 0 Å². The molecule has 0 radical (unpaired) electrons. The maximum Gasteiger partial charge on any atom is 0.0827 e. The van der Waals surface area contributed by atoms with Gasteiger partial charge in [-0.15, -0.1) is 0 Å². The molecular formula is C11H10BrN. The van der Waals surface area contributed by atoms with Gasteiger partial charge in [-0.3, -0.25) is 0 Å². The van der Waals surface area contributed by atoms with Gasteiger partial charge in [-0.25, -0.2) is 0 Å². The van der Waals surface area contributed by atoms with Crippen LogP contribution in [0.15, 0.2) is 41.0 Å². The zero-order valence-electron chi connectivity index (χ0n) is 7.34. The highest BCUT2D eigenvalue weighted by atomic mass is 79.9. The van der Waals surface area contributed by atoms with Crippen LogP contribution in [0.2, 0.25) is 0 Å². The van der Waals surface area contributed by atoms with Gasteiger partial charge in [0.05, 0.1) is 4.60 Å². The predicted molar refractivity (Wildman–Crippen MR) is 58.7 cm³/mol. The molecule has 2 aromatic rings. The Kier molecular flexibility index (Phi) is 2.23. The number of H-pyrrole nitrogens is 1. The molecule has 0 unspecified atom stereocenters. The molecule has 2 heteroatoms. The Morgan fingerprint density at radius 1 is 1.15 bits per heavy atom. The quantitative estimate of drug-likeness (QED) is 0.776. The van der Waals surface area contributed by atoms with E-state index >= 15 is 0 Å². The van der Waals surface area contributed by atoms with E-state index in [4.69, 9.17) is 0 Å². The van der Waals surface area contributed by atoms with E-state index in [-0.39, 0.29) is 0 Å². The lowest BCUT2D eigenvalue weighted by Gasteiger charge is -1.98. The first-order valence-corrected chi connectivity index (χ1v) is 4.97. The largest absolute Gasteiger partial charge is 0.349 e. The summed E-state index contributed by atoms with van der Waals surface area (Å²) in [4.78, 5) is 3.28. The second-order valence-corrected chi connectivity index (χ2v) is 3.90. The number of rotatable bonds is 1. The molecule has 0 amide bonds. The molecule has 1 aromatic heterocycles. The number of aromatic nitrogens is 1. The van der Waals surface area contributed by atoms with Gasteiger partial charge in [-0.2, -0.15) is 0 Å². The van der Waals surface area contributed by atoms with Crippen molar-refractivity contribution in [2.24, 2.45) is 0 Å². The van der Waals surface area contributed by atoms with Gasteiger partial charge >= 0.3 is 0 Å². The summed E-state index contributed by atoms with van der Waals surface area (Å²) in [6.45, 7) is 2.10. The highest BCUT2D eigenvalue weighted by molar-refractivity contribution is 9.10. The fourth-order valence-corrected chi connectivity index (χ4v) is 1.96. The average molecular weight is 236 g/mol. The fourth-order valence-electron chi connectivity index (χ4n) is 1.42. The van der Waals surface area contributed by atoms with Gasteiger partial charge < -0.3 is 4.98 Å². The van der Waals surface area contributed by atoms with E-state index < -0.39 is 0 Å². The summed E-state index contributed by atoms with van der Waals surface area (Å²) in [5.41, 5.74) is 3.68. The molecule has 0 aliphatic heterocycles. The highest BCUT2D eigenvalue weighted by Crippen LogP contribution is 2.24. The predicted octanol–water partition coefficient (Wildman–Crippen LogP) is 3.75. The van der Waals surface area contributed by atoms with Crippen molar-refractivity contribution in [1.29, 1.82) is 0 Å². The molecule has 1 nitrogen and oxygen atoms in total. The van der Waals surface area contributed by atoms with E-state index in [0.717, 1.165) is 4.60 Å². The summed E-state index contributed by atoms with van der Waals surface area (Å²) in [6, 6.07) is 12.4. The van der Waals surface area contributed by atoms with Crippen molar-refractivity contribution in [2.45, 2.75) is 6.92 Å². The Labute approximate surface area is 85.9 Å². The summed E-state index contributed by atoms with van der Waals surface area (Å²) < 4.78 is 1.03. The van der Waals surface area contributed by atoms with E-state index in [9.17, 15) is 0 Å². The lowest BCUT2D eigenvalue weighted by Crippen LogP contribution is -1.78. The number of hydrogen-bond acceptors (Lipinski definition) is 0. The smallest absolute Gasteiger partial charge is 0.0827 e. The maximum atomic E-state index is 3.42. The first-order chi connectivity index (χ1) is 6.27. The molecule has 2 rings (SSSR count). The normalized spacial score (nSPS) is 10.3. The summed E-state index contributed by atoms with van der Waals surface area (Å²) in [6.07, 6.45) is 0. The number of hydrogen-bond donors (Lipinski definition) is 1. The molecule has 13 heavy (non-hydrogen) atoms. The van der Waals surface area contributed by atoms with Gasteiger partial charge in [0.15, 0.2) is 0 Å². The minimum atomic E-state index is 1.03. The van der Waals surface area contributed by atoms with Crippen LogP contribution in [0.4, 0.5) is 0 Å². The van der Waals surface area contributed by atoms with E-state index in [0.29, 0.717) is 0 Å². The van der Waals surface area contributed by atoms with Crippen molar-refractivity contribution in [1.82, 2.24) is 4.98 Å². The van der Waals surface area contributed by atoms with Gasteiger partial charge in [0.1, 0.15) is 0 Å². The Hall–Kier alpha value is -1.02. The molecule has 1 aromatic carbocycles. The monoisotopic (exact) mass is 235 g/mol.